The molecule has 1 aliphatic rings. The largest absolute Gasteiger partial charge is 0.331 e. The average Bonchev–Trinajstić information content (AvgIpc) is 3.42. The Hall–Kier alpha value is -2.61. The number of nitrogens with zero attached hydrogens (tertiary/aromatic N) is 2. The third kappa shape index (κ3) is 3.74. The van der Waals surface area contributed by atoms with Crippen LogP contribution in [0.25, 0.3) is 17.2 Å². The summed E-state index contributed by atoms with van der Waals surface area (Å²) < 4.78 is 2.19. The molecule has 0 unspecified atom stereocenters. The van der Waals surface area contributed by atoms with Gasteiger partial charge in [-0.1, -0.05) is 67.6 Å². The summed E-state index contributed by atoms with van der Waals surface area (Å²) in [7, 11) is 0. The topological polar surface area (TPSA) is 17.8 Å². The lowest BCUT2D eigenvalue weighted by Gasteiger charge is -2.05. The molecule has 1 aromatic heterocycles. The fourth-order valence-corrected chi connectivity index (χ4v) is 3.27. The summed E-state index contributed by atoms with van der Waals surface area (Å²) in [6, 6.07) is 17.9. The molecule has 1 saturated carbocycles. The van der Waals surface area contributed by atoms with Gasteiger partial charge in [-0.15, -0.1) is 0 Å². The van der Waals surface area contributed by atoms with Crippen LogP contribution in [0.1, 0.15) is 42.6 Å². The minimum Gasteiger partial charge on any atom is -0.331 e. The second-order valence-electron chi connectivity index (χ2n) is 6.77. The molecule has 0 aliphatic heterocycles. The van der Waals surface area contributed by atoms with Crippen LogP contribution in [0.4, 0.5) is 0 Å². The second kappa shape index (κ2) is 7.10. The number of aryl methyl sites for hydroxylation is 1. The zero-order valence-electron chi connectivity index (χ0n) is 14.7. The SMILES string of the molecule is CCc1nccn1C/C=C/c1ccc(-c2ccc(C3CC3)cc2)cc1. The van der Waals surface area contributed by atoms with Crippen molar-refractivity contribution in [3.63, 3.8) is 0 Å². The number of benzene rings is 2. The minimum absolute atomic E-state index is 0.824. The van der Waals surface area contributed by atoms with Crippen LogP contribution in [0.2, 0.25) is 0 Å². The lowest BCUT2D eigenvalue weighted by molar-refractivity contribution is 0.749. The van der Waals surface area contributed by atoms with Crippen LogP contribution >= 0.6 is 0 Å². The summed E-state index contributed by atoms with van der Waals surface area (Å²) in [5, 5.41) is 0. The molecular formula is C23H24N2. The molecule has 2 heteroatoms. The number of allylic oxidation sites excluding steroid dienone is 1. The molecule has 25 heavy (non-hydrogen) atoms. The lowest BCUT2D eigenvalue weighted by Crippen LogP contribution is -1.99. The Morgan fingerprint density at radius 2 is 1.68 bits per heavy atom. The zero-order chi connectivity index (χ0) is 17.1. The highest BCUT2D eigenvalue weighted by Gasteiger charge is 2.22. The molecule has 0 saturated heterocycles. The van der Waals surface area contributed by atoms with Crippen molar-refractivity contribution in [3.05, 3.63) is 84.0 Å². The molecule has 4 rings (SSSR count). The average molecular weight is 328 g/mol. The molecule has 0 N–H and O–H groups in total. The van der Waals surface area contributed by atoms with E-state index < -0.39 is 0 Å². The summed E-state index contributed by atoms with van der Waals surface area (Å²) >= 11 is 0. The highest BCUT2D eigenvalue weighted by molar-refractivity contribution is 5.66. The predicted octanol–water partition coefficient (Wildman–Crippen LogP) is 5.70. The third-order valence-electron chi connectivity index (χ3n) is 4.93. The highest BCUT2D eigenvalue weighted by atomic mass is 15.0. The zero-order valence-corrected chi connectivity index (χ0v) is 14.7. The summed E-state index contributed by atoms with van der Waals surface area (Å²) in [6.07, 6.45) is 12.0. The van der Waals surface area contributed by atoms with Gasteiger partial charge in [-0.25, -0.2) is 4.98 Å². The van der Waals surface area contributed by atoms with E-state index in [1.54, 1.807) is 0 Å². The van der Waals surface area contributed by atoms with E-state index in [-0.39, 0.29) is 0 Å². The van der Waals surface area contributed by atoms with E-state index in [1.807, 2.05) is 12.4 Å². The van der Waals surface area contributed by atoms with Gasteiger partial charge in [0.1, 0.15) is 5.82 Å². The summed E-state index contributed by atoms with van der Waals surface area (Å²) in [4.78, 5) is 4.36. The van der Waals surface area contributed by atoms with E-state index >= 15 is 0 Å². The van der Waals surface area contributed by atoms with Crippen LogP contribution in [0.3, 0.4) is 0 Å². The molecule has 0 radical (unpaired) electrons. The van der Waals surface area contributed by atoms with Gasteiger partial charge in [0.15, 0.2) is 0 Å². The molecule has 1 heterocycles. The van der Waals surface area contributed by atoms with Crippen molar-refractivity contribution in [2.45, 2.75) is 38.6 Å². The van der Waals surface area contributed by atoms with Gasteiger partial charge >= 0.3 is 0 Å². The Bertz CT molecular complexity index is 850. The van der Waals surface area contributed by atoms with Crippen LogP contribution in [0.5, 0.6) is 0 Å². The van der Waals surface area contributed by atoms with Crippen LogP contribution in [-0.4, -0.2) is 9.55 Å². The van der Waals surface area contributed by atoms with Crippen molar-refractivity contribution in [3.8, 4) is 11.1 Å². The first-order chi connectivity index (χ1) is 12.3. The minimum atomic E-state index is 0.824. The monoisotopic (exact) mass is 328 g/mol. The van der Waals surface area contributed by atoms with Crippen LogP contribution in [-0.2, 0) is 13.0 Å². The van der Waals surface area contributed by atoms with Crippen LogP contribution < -0.4 is 0 Å². The van der Waals surface area contributed by atoms with Gasteiger partial charge in [0, 0.05) is 25.4 Å². The molecule has 2 nitrogen and oxygen atoms in total. The van der Waals surface area contributed by atoms with Gasteiger partial charge in [-0.2, -0.15) is 0 Å². The molecule has 2 aromatic carbocycles. The van der Waals surface area contributed by atoms with E-state index in [0.717, 1.165) is 24.7 Å². The first-order valence-corrected chi connectivity index (χ1v) is 9.20. The Morgan fingerprint density at radius 1 is 1.00 bits per heavy atom. The fraction of sp³-hybridized carbons (Fsp3) is 0.261. The predicted molar refractivity (Wildman–Crippen MR) is 104 cm³/mol. The van der Waals surface area contributed by atoms with E-state index in [4.69, 9.17) is 0 Å². The van der Waals surface area contributed by atoms with Crippen molar-refractivity contribution in [1.29, 1.82) is 0 Å². The van der Waals surface area contributed by atoms with Crippen molar-refractivity contribution >= 4 is 6.08 Å². The van der Waals surface area contributed by atoms with Crippen LogP contribution in [0, 0.1) is 0 Å². The van der Waals surface area contributed by atoms with Crippen LogP contribution in [0.15, 0.2) is 67.0 Å². The quantitative estimate of drug-likeness (QED) is 0.567. The van der Waals surface area contributed by atoms with Gasteiger partial charge in [-0.3, -0.25) is 0 Å². The first kappa shape index (κ1) is 15.9. The highest BCUT2D eigenvalue weighted by Crippen LogP contribution is 2.40. The third-order valence-corrected chi connectivity index (χ3v) is 4.93. The first-order valence-electron chi connectivity index (χ1n) is 9.20. The molecular weight excluding hydrogens is 304 g/mol. The molecule has 0 bridgehead atoms. The second-order valence-corrected chi connectivity index (χ2v) is 6.77. The van der Waals surface area contributed by atoms with Gasteiger partial charge in [0.05, 0.1) is 0 Å². The summed E-state index contributed by atoms with van der Waals surface area (Å²) in [6.45, 7) is 3.01. The summed E-state index contributed by atoms with van der Waals surface area (Å²) in [5.41, 5.74) is 5.30. The van der Waals surface area contributed by atoms with Crippen molar-refractivity contribution in [1.82, 2.24) is 9.55 Å². The van der Waals surface area contributed by atoms with E-state index in [0.29, 0.717) is 0 Å². The maximum Gasteiger partial charge on any atom is 0.108 e. The van der Waals surface area contributed by atoms with Crippen molar-refractivity contribution < 1.29 is 0 Å². The summed E-state index contributed by atoms with van der Waals surface area (Å²) in [5.74, 6) is 1.96. The van der Waals surface area contributed by atoms with E-state index in [1.165, 1.54) is 35.1 Å². The van der Waals surface area contributed by atoms with E-state index in [2.05, 4.69) is 77.2 Å². The van der Waals surface area contributed by atoms with Gasteiger partial charge in [0.25, 0.3) is 0 Å². The maximum atomic E-state index is 4.36. The smallest absolute Gasteiger partial charge is 0.108 e. The molecule has 0 spiro atoms. The van der Waals surface area contributed by atoms with Gasteiger partial charge in [-0.05, 0) is 41.0 Å². The maximum absolute atomic E-state index is 4.36. The molecule has 0 atom stereocenters. The van der Waals surface area contributed by atoms with Crippen molar-refractivity contribution in [2.24, 2.45) is 0 Å². The number of hydrogen-bond donors (Lipinski definition) is 0. The number of aromatic nitrogens is 2. The molecule has 0 amide bonds. The van der Waals surface area contributed by atoms with Gasteiger partial charge in [0.2, 0.25) is 0 Å². The Balaban J connectivity index is 1.41. The normalized spacial score (nSPS) is 14.3. The number of rotatable bonds is 6. The number of imidazole rings is 1. The Kier molecular flexibility index (Phi) is 4.51. The molecule has 1 fully saturated rings. The van der Waals surface area contributed by atoms with Gasteiger partial charge < -0.3 is 4.57 Å². The van der Waals surface area contributed by atoms with E-state index in [9.17, 15) is 0 Å². The fourth-order valence-electron chi connectivity index (χ4n) is 3.27. The Labute approximate surface area is 149 Å². The molecule has 1 aliphatic carbocycles. The molecule has 126 valence electrons. The lowest BCUT2D eigenvalue weighted by atomic mass is 10.0. The standard InChI is InChI=1S/C23H24N2/c1-2-23-24-15-17-25(23)16-3-4-18-5-7-19(8-6-18)20-9-11-21(12-10-20)22-13-14-22/h3-12,15,17,22H,2,13-14,16H2,1H3/b4-3+. The number of hydrogen-bond acceptors (Lipinski definition) is 1. The Morgan fingerprint density at radius 3 is 2.32 bits per heavy atom. The molecule has 3 aromatic rings. The van der Waals surface area contributed by atoms with Crippen molar-refractivity contribution in [2.75, 3.05) is 0 Å².